The fraction of sp³-hybridized carbons (Fsp3) is 0.333. The lowest BCUT2D eigenvalue weighted by atomic mass is 9.97. The van der Waals surface area contributed by atoms with Crippen molar-refractivity contribution in [3.8, 4) is 0 Å². The first-order valence-corrected chi connectivity index (χ1v) is 10.4. The standard InChI is InChI=1S/C24H27ClN2/c25-22-10-6-9-20(15-22)17-27-18-21(23-11-4-5-12-24(23)27)16-26-14-13-19-7-2-1-3-8-19/h4-7,9-12,15,18,26H,1-3,8,13-14,16-17H2. The van der Waals surface area contributed by atoms with Crippen molar-refractivity contribution < 1.29 is 0 Å². The van der Waals surface area contributed by atoms with Crippen molar-refractivity contribution in [2.75, 3.05) is 6.54 Å². The second-order valence-corrected chi connectivity index (χ2v) is 7.90. The van der Waals surface area contributed by atoms with Gasteiger partial charge in [-0.15, -0.1) is 0 Å². The van der Waals surface area contributed by atoms with E-state index in [4.69, 9.17) is 11.6 Å². The largest absolute Gasteiger partial charge is 0.343 e. The average molecular weight is 379 g/mol. The molecule has 4 rings (SSSR count). The summed E-state index contributed by atoms with van der Waals surface area (Å²) in [5.41, 5.74) is 5.51. The molecule has 2 nitrogen and oxygen atoms in total. The molecule has 0 unspecified atom stereocenters. The van der Waals surface area contributed by atoms with E-state index in [0.29, 0.717) is 0 Å². The number of rotatable bonds is 7. The SMILES string of the molecule is Clc1cccc(Cn2cc(CNCCC3=CCCCC3)c3ccccc32)c1. The van der Waals surface area contributed by atoms with Crippen LogP contribution in [0, 0.1) is 0 Å². The molecular formula is C24H27ClN2. The number of para-hydroxylation sites is 1. The van der Waals surface area contributed by atoms with E-state index in [9.17, 15) is 0 Å². The first kappa shape index (κ1) is 18.3. The second-order valence-electron chi connectivity index (χ2n) is 7.46. The number of fused-ring (bicyclic) bond motifs is 1. The lowest BCUT2D eigenvalue weighted by molar-refractivity contribution is 0.632. The molecule has 2 aromatic carbocycles. The van der Waals surface area contributed by atoms with E-state index in [1.807, 2.05) is 18.2 Å². The first-order valence-electron chi connectivity index (χ1n) is 9.99. The highest BCUT2D eigenvalue weighted by atomic mass is 35.5. The van der Waals surface area contributed by atoms with Gasteiger partial charge in [0.25, 0.3) is 0 Å². The van der Waals surface area contributed by atoms with Crippen molar-refractivity contribution in [3.63, 3.8) is 0 Å². The normalized spacial score (nSPS) is 14.5. The van der Waals surface area contributed by atoms with Crippen molar-refractivity contribution >= 4 is 22.5 Å². The van der Waals surface area contributed by atoms with E-state index in [1.165, 1.54) is 54.1 Å². The van der Waals surface area contributed by atoms with E-state index in [-0.39, 0.29) is 0 Å². The molecule has 1 aliphatic rings. The van der Waals surface area contributed by atoms with Crippen molar-refractivity contribution in [3.05, 3.63) is 82.5 Å². The van der Waals surface area contributed by atoms with Crippen LogP contribution >= 0.6 is 11.6 Å². The molecule has 0 aliphatic heterocycles. The van der Waals surface area contributed by atoms with E-state index in [1.54, 1.807) is 5.57 Å². The van der Waals surface area contributed by atoms with Crippen LogP contribution < -0.4 is 5.32 Å². The van der Waals surface area contributed by atoms with E-state index in [2.05, 4.69) is 52.5 Å². The summed E-state index contributed by atoms with van der Waals surface area (Å²) in [5, 5.41) is 5.78. The maximum atomic E-state index is 6.16. The number of aromatic nitrogens is 1. The van der Waals surface area contributed by atoms with E-state index >= 15 is 0 Å². The summed E-state index contributed by atoms with van der Waals surface area (Å²) in [5.74, 6) is 0. The predicted molar refractivity (Wildman–Crippen MR) is 115 cm³/mol. The number of nitrogens with zero attached hydrogens (tertiary/aromatic N) is 1. The smallest absolute Gasteiger partial charge is 0.0486 e. The summed E-state index contributed by atoms with van der Waals surface area (Å²) < 4.78 is 2.33. The van der Waals surface area contributed by atoms with Crippen LogP contribution in [0.15, 0.2) is 66.4 Å². The fourth-order valence-corrected chi connectivity index (χ4v) is 4.24. The number of nitrogens with one attached hydrogen (secondary N) is 1. The third-order valence-corrected chi connectivity index (χ3v) is 5.67. The lowest BCUT2D eigenvalue weighted by Crippen LogP contribution is -2.15. The molecule has 140 valence electrons. The fourth-order valence-electron chi connectivity index (χ4n) is 4.03. The summed E-state index contributed by atoms with van der Waals surface area (Å²) in [6.45, 7) is 2.81. The maximum absolute atomic E-state index is 6.16. The zero-order valence-corrected chi connectivity index (χ0v) is 16.5. The molecule has 3 heteroatoms. The van der Waals surface area contributed by atoms with Gasteiger partial charge in [-0.1, -0.05) is 53.6 Å². The number of hydrogen-bond acceptors (Lipinski definition) is 1. The molecule has 0 saturated carbocycles. The minimum atomic E-state index is 0.794. The van der Waals surface area contributed by atoms with Gasteiger partial charge in [-0.25, -0.2) is 0 Å². The Bertz CT molecular complexity index is 938. The van der Waals surface area contributed by atoms with Gasteiger partial charge in [0.2, 0.25) is 0 Å². The van der Waals surface area contributed by atoms with Crippen molar-refractivity contribution in [2.45, 2.75) is 45.2 Å². The lowest BCUT2D eigenvalue weighted by Gasteiger charge is -2.12. The molecule has 0 bridgehead atoms. The van der Waals surface area contributed by atoms with Crippen LogP contribution in [0.25, 0.3) is 10.9 Å². The summed E-state index contributed by atoms with van der Waals surface area (Å²) in [7, 11) is 0. The van der Waals surface area contributed by atoms with Crippen molar-refractivity contribution in [1.82, 2.24) is 9.88 Å². The summed E-state index contributed by atoms with van der Waals surface area (Å²) in [6, 6.07) is 16.8. The summed E-state index contributed by atoms with van der Waals surface area (Å²) in [4.78, 5) is 0. The van der Waals surface area contributed by atoms with Gasteiger partial charge < -0.3 is 9.88 Å². The van der Waals surface area contributed by atoms with Gasteiger partial charge in [0, 0.05) is 35.2 Å². The number of benzene rings is 2. The maximum Gasteiger partial charge on any atom is 0.0486 e. The van der Waals surface area contributed by atoms with Gasteiger partial charge >= 0.3 is 0 Å². The van der Waals surface area contributed by atoms with Crippen LogP contribution in [0.2, 0.25) is 5.02 Å². The quantitative estimate of drug-likeness (QED) is 0.376. The van der Waals surface area contributed by atoms with Crippen LogP contribution in [0.1, 0.15) is 43.2 Å². The zero-order valence-electron chi connectivity index (χ0n) is 15.8. The Morgan fingerprint density at radius 2 is 1.96 bits per heavy atom. The third-order valence-electron chi connectivity index (χ3n) is 5.44. The topological polar surface area (TPSA) is 17.0 Å². The van der Waals surface area contributed by atoms with Crippen LogP contribution in [0.5, 0.6) is 0 Å². The Balaban J connectivity index is 1.45. The van der Waals surface area contributed by atoms with Crippen LogP contribution in [0.3, 0.4) is 0 Å². The summed E-state index contributed by atoms with van der Waals surface area (Å²) >= 11 is 6.16. The molecule has 0 saturated heterocycles. The third kappa shape index (κ3) is 4.63. The van der Waals surface area contributed by atoms with E-state index in [0.717, 1.165) is 24.7 Å². The van der Waals surface area contributed by atoms with Crippen LogP contribution in [0.4, 0.5) is 0 Å². The number of halogens is 1. The van der Waals surface area contributed by atoms with Gasteiger partial charge in [-0.05, 0) is 68.0 Å². The zero-order chi connectivity index (χ0) is 18.5. The Kier molecular flexibility index (Phi) is 5.96. The predicted octanol–water partition coefficient (Wildman–Crippen LogP) is 6.32. The van der Waals surface area contributed by atoms with Gasteiger partial charge in [0.15, 0.2) is 0 Å². The Morgan fingerprint density at radius 1 is 1.04 bits per heavy atom. The monoisotopic (exact) mass is 378 g/mol. The molecular weight excluding hydrogens is 352 g/mol. The molecule has 0 fully saturated rings. The van der Waals surface area contributed by atoms with E-state index < -0.39 is 0 Å². The highest BCUT2D eigenvalue weighted by molar-refractivity contribution is 6.30. The molecule has 1 N–H and O–H groups in total. The average Bonchev–Trinajstić information content (AvgIpc) is 3.04. The summed E-state index contributed by atoms with van der Waals surface area (Å²) in [6.07, 6.45) is 11.2. The van der Waals surface area contributed by atoms with Gasteiger partial charge in [0.1, 0.15) is 0 Å². The van der Waals surface area contributed by atoms with Crippen molar-refractivity contribution in [2.24, 2.45) is 0 Å². The minimum Gasteiger partial charge on any atom is -0.343 e. The van der Waals surface area contributed by atoms with Gasteiger partial charge in [-0.3, -0.25) is 0 Å². The minimum absolute atomic E-state index is 0.794. The van der Waals surface area contributed by atoms with Gasteiger partial charge in [0.05, 0.1) is 0 Å². The highest BCUT2D eigenvalue weighted by Crippen LogP contribution is 2.23. The van der Waals surface area contributed by atoms with Crippen molar-refractivity contribution in [1.29, 1.82) is 0 Å². The van der Waals surface area contributed by atoms with Crippen LogP contribution in [-0.2, 0) is 13.1 Å². The molecule has 27 heavy (non-hydrogen) atoms. The highest BCUT2D eigenvalue weighted by Gasteiger charge is 2.09. The Hall–Kier alpha value is -2.03. The number of hydrogen-bond donors (Lipinski definition) is 1. The molecule has 0 spiro atoms. The molecule has 0 radical (unpaired) electrons. The molecule has 1 aromatic heterocycles. The molecule has 3 aromatic rings. The molecule has 1 aliphatic carbocycles. The first-order chi connectivity index (χ1) is 13.3. The molecule has 0 atom stereocenters. The Labute approximate surface area is 166 Å². The van der Waals surface area contributed by atoms with Crippen LogP contribution in [-0.4, -0.2) is 11.1 Å². The van der Waals surface area contributed by atoms with Gasteiger partial charge in [-0.2, -0.15) is 0 Å². The second kappa shape index (κ2) is 8.77. The molecule has 1 heterocycles. The molecule has 0 amide bonds. The number of allylic oxidation sites excluding steroid dienone is 1. The Morgan fingerprint density at radius 3 is 2.81 bits per heavy atom.